The molecule has 1 heterocycles. The van der Waals surface area contributed by atoms with Gasteiger partial charge in [0.1, 0.15) is 11.6 Å². The van der Waals surface area contributed by atoms with Crippen molar-refractivity contribution in [2.24, 2.45) is 0 Å². The molecule has 1 atom stereocenters. The number of nitrogen functional groups attached to an aromatic ring is 1. The summed E-state index contributed by atoms with van der Waals surface area (Å²) in [7, 11) is 0. The zero-order chi connectivity index (χ0) is 12.8. The van der Waals surface area contributed by atoms with Gasteiger partial charge in [-0.1, -0.05) is 0 Å². The molecule has 1 aromatic heterocycles. The van der Waals surface area contributed by atoms with Crippen molar-refractivity contribution in [3.05, 3.63) is 16.5 Å². The number of Topliss-reactive ketones (excluding diaryl/α,β-unsaturated/α-hetero) is 1. The van der Waals surface area contributed by atoms with E-state index in [0.717, 1.165) is 5.56 Å². The summed E-state index contributed by atoms with van der Waals surface area (Å²) in [4.78, 5) is 18.0. The highest BCUT2D eigenvalue weighted by Crippen LogP contribution is 2.22. The van der Waals surface area contributed by atoms with E-state index < -0.39 is 0 Å². The van der Waals surface area contributed by atoms with E-state index in [4.69, 9.17) is 23.1 Å². The van der Waals surface area contributed by atoms with Crippen LogP contribution in [0.4, 0.5) is 5.82 Å². The lowest BCUT2D eigenvalue weighted by Gasteiger charge is -2.12. The number of nitrogens with one attached hydrogen (secondary N) is 1. The number of carbonyl (C=O) groups excluding carboxylic acids is 1. The highest BCUT2D eigenvalue weighted by molar-refractivity contribution is 7.99. The first-order valence-electron chi connectivity index (χ1n) is 5.11. The number of aliphatic hydroxyl groups excluding tert-OH is 1. The normalized spacial score (nSPS) is 12.4. The molecule has 4 N–H and O–H groups in total. The molecule has 17 heavy (non-hydrogen) atoms. The van der Waals surface area contributed by atoms with Crippen LogP contribution in [0.25, 0.3) is 0 Å². The Bertz CT molecular complexity index is 447. The van der Waals surface area contributed by atoms with E-state index in [0.29, 0.717) is 22.8 Å². The van der Waals surface area contributed by atoms with E-state index in [1.807, 2.05) is 0 Å². The minimum atomic E-state index is -0.206. The fraction of sp³-hybridized carbons (Fsp3) is 0.500. The van der Waals surface area contributed by atoms with E-state index >= 15 is 0 Å². The first kappa shape index (κ1) is 14.1. The lowest BCUT2D eigenvalue weighted by molar-refractivity contribution is -0.116. The molecule has 5 nitrogen and oxygen atoms in total. The van der Waals surface area contributed by atoms with Gasteiger partial charge in [0.05, 0.1) is 5.25 Å². The fourth-order valence-corrected chi connectivity index (χ4v) is 2.54. The van der Waals surface area contributed by atoms with Gasteiger partial charge in [-0.15, -0.1) is 11.8 Å². The van der Waals surface area contributed by atoms with Crippen molar-refractivity contribution in [3.63, 3.8) is 0 Å². The van der Waals surface area contributed by atoms with Gasteiger partial charge in [-0.3, -0.25) is 4.79 Å². The number of anilines is 1. The van der Waals surface area contributed by atoms with Gasteiger partial charge < -0.3 is 15.8 Å². The van der Waals surface area contributed by atoms with Crippen molar-refractivity contribution in [1.82, 2.24) is 9.97 Å². The number of carbonyl (C=O) groups is 1. The Morgan fingerprint density at radius 1 is 1.76 bits per heavy atom. The number of H-pyrrole nitrogens is 1. The van der Waals surface area contributed by atoms with Crippen molar-refractivity contribution in [2.75, 3.05) is 12.3 Å². The van der Waals surface area contributed by atoms with E-state index in [9.17, 15) is 4.79 Å². The van der Waals surface area contributed by atoms with Crippen LogP contribution >= 0.6 is 24.0 Å². The zero-order valence-electron chi connectivity index (χ0n) is 9.47. The van der Waals surface area contributed by atoms with Crippen molar-refractivity contribution in [1.29, 1.82) is 0 Å². The molecule has 1 aromatic rings. The lowest BCUT2D eigenvalue weighted by Crippen LogP contribution is -2.15. The maximum atomic E-state index is 11.3. The predicted molar refractivity (Wildman–Crippen MR) is 71.3 cm³/mol. The number of aromatic nitrogens is 2. The van der Waals surface area contributed by atoms with Crippen LogP contribution in [0.15, 0.2) is 6.20 Å². The molecule has 0 bridgehead atoms. The molecule has 0 spiro atoms. The zero-order valence-corrected chi connectivity index (χ0v) is 11.1. The van der Waals surface area contributed by atoms with Crippen LogP contribution in [-0.4, -0.2) is 32.7 Å². The Kier molecular flexibility index (Phi) is 5.60. The first-order valence-corrected chi connectivity index (χ1v) is 6.57. The number of rotatable bonds is 6. The van der Waals surface area contributed by atoms with E-state index in [1.54, 1.807) is 6.20 Å². The molecule has 0 saturated carbocycles. The molecule has 0 amide bonds. The third kappa shape index (κ3) is 4.45. The molecule has 1 rings (SSSR count). The number of thioether (sulfide) groups is 1. The Morgan fingerprint density at radius 2 is 2.47 bits per heavy atom. The second kappa shape index (κ2) is 6.73. The summed E-state index contributed by atoms with van der Waals surface area (Å²) < 4.78 is 0.342. The van der Waals surface area contributed by atoms with Gasteiger partial charge in [-0.05, 0) is 25.6 Å². The third-order valence-corrected chi connectivity index (χ3v) is 3.87. The molecule has 0 radical (unpaired) electrons. The number of nitrogens with two attached hydrogens (primary N) is 1. The molecular weight excluding hydrogens is 258 g/mol. The van der Waals surface area contributed by atoms with Gasteiger partial charge >= 0.3 is 0 Å². The average Bonchev–Trinajstić information content (AvgIpc) is 2.25. The molecular formula is C10H15N3O2S2. The quantitative estimate of drug-likeness (QED) is 0.677. The van der Waals surface area contributed by atoms with Crippen LogP contribution in [0.2, 0.25) is 0 Å². The highest BCUT2D eigenvalue weighted by atomic mass is 32.2. The van der Waals surface area contributed by atoms with E-state index in [1.165, 1.54) is 18.7 Å². The standard InChI is InChI=1S/C10H15N3O2S2/c1-6(15)8(2-3-14)17-5-7-4-12-10(16)13-9(7)11/h4,8,14H,2-3,5H2,1H3,(H3,11,12,13,16). The Labute approximate surface area is 109 Å². The molecule has 1 unspecified atom stereocenters. The Hall–Kier alpha value is -0.920. The molecule has 0 aliphatic rings. The summed E-state index contributed by atoms with van der Waals surface area (Å²) in [6.45, 7) is 1.52. The molecule has 94 valence electrons. The Morgan fingerprint density at radius 3 is 3.00 bits per heavy atom. The maximum Gasteiger partial charge on any atom is 0.198 e. The van der Waals surface area contributed by atoms with Crippen molar-refractivity contribution in [3.8, 4) is 0 Å². The molecule has 0 aromatic carbocycles. The summed E-state index contributed by atoms with van der Waals surface area (Å²) in [5.74, 6) is 1.10. The van der Waals surface area contributed by atoms with Crippen molar-refractivity contribution in [2.45, 2.75) is 24.3 Å². The van der Waals surface area contributed by atoms with Gasteiger partial charge in [0.2, 0.25) is 0 Å². The smallest absolute Gasteiger partial charge is 0.198 e. The highest BCUT2D eigenvalue weighted by Gasteiger charge is 2.14. The van der Waals surface area contributed by atoms with Crippen LogP contribution in [0, 0.1) is 4.77 Å². The van der Waals surface area contributed by atoms with Gasteiger partial charge in [0.25, 0.3) is 0 Å². The minimum Gasteiger partial charge on any atom is -0.396 e. The van der Waals surface area contributed by atoms with Gasteiger partial charge in [0, 0.05) is 24.1 Å². The second-order valence-electron chi connectivity index (χ2n) is 3.55. The lowest BCUT2D eigenvalue weighted by atomic mass is 10.2. The summed E-state index contributed by atoms with van der Waals surface area (Å²) in [6.07, 6.45) is 2.06. The number of ketones is 1. The van der Waals surface area contributed by atoms with Gasteiger partial charge in [-0.2, -0.15) is 0 Å². The van der Waals surface area contributed by atoms with Crippen LogP contribution in [0.1, 0.15) is 18.9 Å². The number of aromatic amines is 1. The summed E-state index contributed by atoms with van der Waals surface area (Å²) in [6, 6.07) is 0. The summed E-state index contributed by atoms with van der Waals surface area (Å²) in [5.41, 5.74) is 6.56. The molecule has 7 heteroatoms. The van der Waals surface area contributed by atoms with Crippen molar-refractivity contribution < 1.29 is 9.90 Å². The van der Waals surface area contributed by atoms with Crippen LogP contribution in [0.5, 0.6) is 0 Å². The fourth-order valence-electron chi connectivity index (χ4n) is 1.26. The van der Waals surface area contributed by atoms with Gasteiger partial charge in [-0.25, -0.2) is 4.98 Å². The molecule has 0 aliphatic heterocycles. The van der Waals surface area contributed by atoms with E-state index in [2.05, 4.69) is 9.97 Å². The number of nitrogens with zero attached hydrogens (tertiary/aromatic N) is 1. The first-order chi connectivity index (χ1) is 8.04. The number of aliphatic hydroxyl groups is 1. The summed E-state index contributed by atoms with van der Waals surface area (Å²) in [5, 5.41) is 8.65. The maximum absolute atomic E-state index is 11.3. The molecule has 0 fully saturated rings. The van der Waals surface area contributed by atoms with Crippen LogP contribution < -0.4 is 5.73 Å². The largest absolute Gasteiger partial charge is 0.396 e. The summed E-state index contributed by atoms with van der Waals surface area (Å²) >= 11 is 6.28. The third-order valence-electron chi connectivity index (χ3n) is 2.21. The number of hydrogen-bond donors (Lipinski definition) is 3. The Balaban J connectivity index is 2.65. The monoisotopic (exact) mass is 273 g/mol. The number of hydrogen-bond acceptors (Lipinski definition) is 6. The second-order valence-corrected chi connectivity index (χ2v) is 5.13. The van der Waals surface area contributed by atoms with Crippen LogP contribution in [0.3, 0.4) is 0 Å². The van der Waals surface area contributed by atoms with Gasteiger partial charge in [0.15, 0.2) is 4.77 Å². The average molecular weight is 273 g/mol. The SMILES string of the molecule is CC(=O)C(CCO)SCc1cnc(=S)[nH]c1N. The van der Waals surface area contributed by atoms with Crippen LogP contribution in [-0.2, 0) is 10.5 Å². The van der Waals surface area contributed by atoms with E-state index in [-0.39, 0.29) is 17.6 Å². The molecule has 0 aliphatic carbocycles. The van der Waals surface area contributed by atoms with Crippen molar-refractivity contribution >= 4 is 35.6 Å². The predicted octanol–water partition coefficient (Wildman–Crippen LogP) is 1.29. The minimum absolute atomic E-state index is 0.00218. The molecule has 0 saturated heterocycles. The topological polar surface area (TPSA) is 92.0 Å².